The Morgan fingerprint density at radius 1 is 1.19 bits per heavy atom. The number of nitrogens with one attached hydrogen (secondary N) is 1. The van der Waals surface area contributed by atoms with Gasteiger partial charge in [0.25, 0.3) is 5.91 Å². The van der Waals surface area contributed by atoms with Crippen LogP contribution in [-0.2, 0) is 14.6 Å². The molecule has 8 nitrogen and oxygen atoms in total. The number of rotatable bonds is 2. The van der Waals surface area contributed by atoms with E-state index in [1.807, 2.05) is 49.6 Å². The molecule has 160 valence electrons. The molecule has 2 aromatic rings. The fourth-order valence-electron chi connectivity index (χ4n) is 3.41. The zero-order valence-corrected chi connectivity index (χ0v) is 19.5. The topological polar surface area (TPSA) is 108 Å². The lowest BCUT2D eigenvalue weighted by atomic mass is 10.1. The molecule has 0 spiro atoms. The molecule has 2 aliphatic rings. The van der Waals surface area contributed by atoms with E-state index in [-0.39, 0.29) is 21.0 Å². The van der Waals surface area contributed by atoms with Crippen LogP contribution in [0.25, 0.3) is 11.8 Å². The largest absolute Gasteiger partial charge is 0.318 e. The molecule has 0 atom stereocenters. The normalized spacial score (nSPS) is 17.8. The van der Waals surface area contributed by atoms with E-state index in [0.29, 0.717) is 5.02 Å². The van der Waals surface area contributed by atoms with Crippen molar-refractivity contribution >= 4 is 60.6 Å². The second kappa shape index (κ2) is 7.47. The number of halogens is 1. The van der Waals surface area contributed by atoms with E-state index in [0.717, 1.165) is 51.2 Å². The molecule has 1 aromatic heterocycles. The van der Waals surface area contributed by atoms with Crippen molar-refractivity contribution in [1.29, 1.82) is 5.41 Å². The van der Waals surface area contributed by atoms with Gasteiger partial charge >= 0.3 is 0 Å². The maximum Gasteiger partial charge on any atom is 0.283 e. The Balaban J connectivity index is 1.78. The lowest BCUT2D eigenvalue weighted by molar-refractivity contribution is -0.114. The molecule has 2 aliphatic heterocycles. The minimum Gasteiger partial charge on any atom is -0.318 e. The van der Waals surface area contributed by atoms with Gasteiger partial charge in [-0.3, -0.25) is 10.2 Å². The number of amides is 1. The van der Waals surface area contributed by atoms with Gasteiger partial charge in [-0.05, 0) is 67.9 Å². The summed E-state index contributed by atoms with van der Waals surface area (Å²) >= 11 is 6.95. The molecule has 0 radical (unpaired) electrons. The van der Waals surface area contributed by atoms with Crippen LogP contribution in [0.2, 0.25) is 5.02 Å². The Labute approximate surface area is 188 Å². The molecule has 1 N–H and O–H groups in total. The summed E-state index contributed by atoms with van der Waals surface area (Å²) in [5.74, 6) is -0.831. The summed E-state index contributed by atoms with van der Waals surface area (Å²) in [6, 6.07) is 7.55. The number of thioether (sulfide) groups is 1. The number of carbonyl (C=O) groups is 1. The molecule has 1 amide bonds. The van der Waals surface area contributed by atoms with Crippen LogP contribution < -0.4 is 0 Å². The van der Waals surface area contributed by atoms with Crippen molar-refractivity contribution in [2.24, 2.45) is 10.1 Å². The first kappa shape index (κ1) is 21.5. The number of carbonyl (C=O) groups excluding carboxylic acids is 1. The third-order valence-electron chi connectivity index (χ3n) is 4.94. The van der Waals surface area contributed by atoms with Gasteiger partial charge < -0.3 is 4.57 Å². The van der Waals surface area contributed by atoms with Gasteiger partial charge in [-0.2, -0.15) is 10.0 Å². The quantitative estimate of drug-likeness (QED) is 0.666. The van der Waals surface area contributed by atoms with E-state index in [9.17, 15) is 13.2 Å². The Hall–Kier alpha value is -2.69. The maximum atomic E-state index is 12.6. The van der Waals surface area contributed by atoms with Gasteiger partial charge in [0.2, 0.25) is 19.4 Å². The van der Waals surface area contributed by atoms with Crippen molar-refractivity contribution in [3.05, 3.63) is 57.4 Å². The monoisotopic (exact) mass is 475 g/mol. The highest BCUT2D eigenvalue weighted by molar-refractivity contribution is 8.42. The number of hydrazone groups is 1. The number of amidine groups is 2. The minimum absolute atomic E-state index is 0.0333. The first-order chi connectivity index (χ1) is 14.5. The number of fused-ring (bicyclic) bond motifs is 1. The minimum atomic E-state index is -3.58. The Kier molecular flexibility index (Phi) is 5.19. The van der Waals surface area contributed by atoms with Gasteiger partial charge in [0.05, 0.1) is 5.57 Å². The summed E-state index contributed by atoms with van der Waals surface area (Å²) in [5.41, 5.74) is 4.53. The number of aromatic nitrogens is 1. The zero-order valence-electron chi connectivity index (χ0n) is 17.1. The highest BCUT2D eigenvalue weighted by Gasteiger charge is 2.38. The Bertz CT molecular complexity index is 1370. The third kappa shape index (κ3) is 3.75. The van der Waals surface area contributed by atoms with Crippen molar-refractivity contribution in [3.63, 3.8) is 0 Å². The van der Waals surface area contributed by atoms with Gasteiger partial charge in [0.15, 0.2) is 5.84 Å². The zero-order chi connectivity index (χ0) is 22.7. The second-order valence-corrected chi connectivity index (χ2v) is 10.8. The number of benzene rings is 1. The first-order valence-electron chi connectivity index (χ1n) is 9.13. The predicted molar refractivity (Wildman–Crippen MR) is 125 cm³/mol. The predicted octanol–water partition coefficient (Wildman–Crippen LogP) is 3.68. The Morgan fingerprint density at radius 2 is 1.90 bits per heavy atom. The average molecular weight is 476 g/mol. The smallest absolute Gasteiger partial charge is 0.283 e. The van der Waals surface area contributed by atoms with Crippen molar-refractivity contribution in [3.8, 4) is 5.69 Å². The molecule has 0 fully saturated rings. The van der Waals surface area contributed by atoms with Crippen LogP contribution in [0, 0.1) is 26.2 Å². The van der Waals surface area contributed by atoms with Gasteiger partial charge in [-0.25, -0.2) is 8.42 Å². The Morgan fingerprint density at radius 3 is 2.58 bits per heavy atom. The van der Waals surface area contributed by atoms with Crippen molar-refractivity contribution in [2.45, 2.75) is 20.8 Å². The summed E-state index contributed by atoms with van der Waals surface area (Å²) in [7, 11) is -3.58. The highest BCUT2D eigenvalue weighted by Crippen LogP contribution is 2.31. The van der Waals surface area contributed by atoms with Crippen molar-refractivity contribution in [2.75, 3.05) is 6.26 Å². The molecule has 3 heterocycles. The van der Waals surface area contributed by atoms with Crippen LogP contribution in [0.15, 0.2) is 39.9 Å². The molecule has 0 unspecified atom stereocenters. The van der Waals surface area contributed by atoms with Crippen LogP contribution in [-0.4, -0.2) is 45.5 Å². The third-order valence-corrected chi connectivity index (χ3v) is 7.75. The summed E-state index contributed by atoms with van der Waals surface area (Å²) in [6.07, 6.45) is 2.61. The van der Waals surface area contributed by atoms with Gasteiger partial charge in [0, 0.05) is 28.4 Å². The highest BCUT2D eigenvalue weighted by atomic mass is 35.5. The fraction of sp³-hybridized carbons (Fsp3) is 0.200. The second-order valence-electron chi connectivity index (χ2n) is 7.25. The molecule has 0 saturated heterocycles. The summed E-state index contributed by atoms with van der Waals surface area (Å²) in [4.78, 5) is 16.6. The van der Waals surface area contributed by atoms with Crippen LogP contribution in [0.1, 0.15) is 22.5 Å². The van der Waals surface area contributed by atoms with Gasteiger partial charge in [-0.1, -0.05) is 17.7 Å². The molecule has 31 heavy (non-hydrogen) atoms. The van der Waals surface area contributed by atoms with E-state index >= 15 is 0 Å². The van der Waals surface area contributed by atoms with Gasteiger partial charge in [-0.15, -0.1) is 5.10 Å². The number of aliphatic imine (C=N–C) groups is 1. The van der Waals surface area contributed by atoms with E-state index < -0.39 is 15.7 Å². The maximum absolute atomic E-state index is 12.6. The molecule has 0 saturated carbocycles. The number of aryl methyl sites for hydroxylation is 2. The molecule has 0 aliphatic carbocycles. The van der Waals surface area contributed by atoms with Crippen molar-refractivity contribution < 1.29 is 13.2 Å². The van der Waals surface area contributed by atoms with E-state index in [2.05, 4.69) is 10.1 Å². The van der Waals surface area contributed by atoms with Crippen LogP contribution >= 0.6 is 23.4 Å². The SMILES string of the molecule is Cc1ccc(Cl)cc1-n1c(C)cc(/C=C2\C(=N)N3N=C(S(C)(=O)=O)SC3=NC2=O)c1C. The first-order valence-corrected chi connectivity index (χ1v) is 12.2. The van der Waals surface area contributed by atoms with E-state index in [1.54, 1.807) is 6.08 Å². The lowest BCUT2D eigenvalue weighted by Crippen LogP contribution is -2.35. The molecular weight excluding hydrogens is 458 g/mol. The van der Waals surface area contributed by atoms with E-state index in [1.165, 1.54) is 0 Å². The fourth-order valence-corrected chi connectivity index (χ4v) is 5.26. The van der Waals surface area contributed by atoms with E-state index in [4.69, 9.17) is 17.0 Å². The van der Waals surface area contributed by atoms with Crippen LogP contribution in [0.4, 0.5) is 0 Å². The average Bonchev–Trinajstić information content (AvgIpc) is 3.22. The number of hydrogen-bond donors (Lipinski definition) is 1. The van der Waals surface area contributed by atoms with Crippen molar-refractivity contribution in [1.82, 2.24) is 9.58 Å². The summed E-state index contributed by atoms with van der Waals surface area (Å²) in [6.45, 7) is 5.85. The van der Waals surface area contributed by atoms with Crippen LogP contribution in [0.5, 0.6) is 0 Å². The van der Waals surface area contributed by atoms with Crippen LogP contribution in [0.3, 0.4) is 0 Å². The molecule has 0 bridgehead atoms. The summed E-state index contributed by atoms with van der Waals surface area (Å²) in [5, 5.41) is 14.1. The molecule has 1 aromatic carbocycles. The molecular formula is C20H18ClN5O3S2. The number of nitrogens with zero attached hydrogens (tertiary/aromatic N) is 4. The molecule has 4 rings (SSSR count). The summed E-state index contributed by atoms with van der Waals surface area (Å²) < 4.78 is 25.4. The standard InChI is InChI=1S/C20H18ClN5O3S2/c1-10-5-6-14(21)9-16(10)25-11(2)7-13(12(25)3)8-15-17(22)26-19(23-18(15)27)30-20(24-26)31(4,28)29/h5-9,22H,1-4H3/b15-8+,22-17?. The lowest BCUT2D eigenvalue weighted by Gasteiger charge is -2.20. The number of hydrogen-bond acceptors (Lipinski definition) is 6. The van der Waals surface area contributed by atoms with Gasteiger partial charge in [0.1, 0.15) is 0 Å². The molecule has 11 heteroatoms. The number of sulfone groups is 1.